The van der Waals surface area contributed by atoms with Crippen molar-refractivity contribution in [2.24, 2.45) is 0 Å². The fraction of sp³-hybridized carbons (Fsp3) is 0.261. The van der Waals surface area contributed by atoms with Crippen LogP contribution in [0, 0.1) is 0 Å². The van der Waals surface area contributed by atoms with Gasteiger partial charge in [0.05, 0.1) is 4.91 Å². The molecule has 2 fully saturated rings. The van der Waals surface area contributed by atoms with E-state index in [9.17, 15) is 14.4 Å². The lowest BCUT2D eigenvalue weighted by Crippen LogP contribution is -2.40. The zero-order chi connectivity index (χ0) is 23.5. The quantitative estimate of drug-likeness (QED) is 0.399. The zero-order valence-corrected chi connectivity index (χ0v) is 21.3. The zero-order valence-electron chi connectivity index (χ0n) is 17.4. The number of benzene rings is 2. The van der Waals surface area contributed by atoms with Crippen LogP contribution in [0.1, 0.15) is 24.0 Å². The van der Waals surface area contributed by atoms with Crippen LogP contribution >= 0.6 is 50.9 Å². The number of imide groups is 1. The van der Waals surface area contributed by atoms with Gasteiger partial charge in [-0.2, -0.15) is 0 Å². The number of nitrogens with zero attached hydrogens (tertiary/aromatic N) is 2. The molecule has 0 spiro atoms. The molecule has 0 saturated carbocycles. The van der Waals surface area contributed by atoms with Gasteiger partial charge in [-0.05, 0) is 61.0 Å². The van der Waals surface area contributed by atoms with Crippen LogP contribution in [0.4, 0.5) is 4.79 Å². The lowest BCUT2D eigenvalue weighted by Gasteiger charge is -2.18. The van der Waals surface area contributed by atoms with Gasteiger partial charge < -0.3 is 9.64 Å². The van der Waals surface area contributed by atoms with E-state index >= 15 is 0 Å². The molecule has 0 N–H and O–H groups in total. The van der Waals surface area contributed by atoms with E-state index in [1.54, 1.807) is 41.3 Å². The highest BCUT2D eigenvalue weighted by molar-refractivity contribution is 9.10. The average molecular weight is 570 g/mol. The highest BCUT2D eigenvalue weighted by Crippen LogP contribution is 2.35. The maximum Gasteiger partial charge on any atom is 0.294 e. The van der Waals surface area contributed by atoms with Crippen LogP contribution in [0.15, 0.2) is 45.8 Å². The molecule has 2 aromatic rings. The van der Waals surface area contributed by atoms with Crippen molar-refractivity contribution >= 4 is 74.0 Å². The third kappa shape index (κ3) is 5.74. The molecule has 2 heterocycles. The number of rotatable bonds is 6. The predicted octanol–water partition coefficient (Wildman–Crippen LogP) is 5.99. The summed E-state index contributed by atoms with van der Waals surface area (Å²) in [4.78, 5) is 40.7. The third-order valence-corrected chi connectivity index (χ3v) is 7.27. The minimum atomic E-state index is -0.482. The molecule has 2 aromatic carbocycles. The van der Waals surface area contributed by atoms with E-state index in [4.69, 9.17) is 27.9 Å². The Balaban J connectivity index is 1.51. The van der Waals surface area contributed by atoms with Gasteiger partial charge in [0.15, 0.2) is 0 Å². The number of carbonyl (C=O) groups is 3. The van der Waals surface area contributed by atoms with Gasteiger partial charge in [0.1, 0.15) is 18.9 Å². The Morgan fingerprint density at radius 2 is 1.88 bits per heavy atom. The van der Waals surface area contributed by atoms with E-state index in [0.29, 0.717) is 34.4 Å². The third-order valence-electron chi connectivity index (χ3n) is 5.28. The Hall–Kier alpha value is -2.00. The molecule has 10 heteroatoms. The van der Waals surface area contributed by atoms with Gasteiger partial charge >= 0.3 is 0 Å². The molecular weight excluding hydrogens is 551 g/mol. The smallest absolute Gasteiger partial charge is 0.294 e. The number of carbonyl (C=O) groups excluding carboxylic acids is 3. The number of thioether (sulfide) groups is 1. The van der Waals surface area contributed by atoms with Gasteiger partial charge in [0.25, 0.3) is 11.1 Å². The van der Waals surface area contributed by atoms with Crippen molar-refractivity contribution in [2.75, 3.05) is 19.6 Å². The molecule has 2 aliphatic rings. The number of halogens is 3. The van der Waals surface area contributed by atoms with E-state index in [1.165, 1.54) is 0 Å². The first-order valence-electron chi connectivity index (χ1n) is 10.2. The van der Waals surface area contributed by atoms with E-state index in [-0.39, 0.29) is 24.0 Å². The van der Waals surface area contributed by atoms with E-state index < -0.39 is 11.1 Å². The maximum atomic E-state index is 12.9. The molecule has 4 rings (SSSR count). The summed E-state index contributed by atoms with van der Waals surface area (Å²) in [5.41, 5.74) is 1.38. The molecule has 0 radical (unpaired) electrons. The number of hydrogen-bond acceptors (Lipinski definition) is 5. The Kier molecular flexibility index (Phi) is 7.69. The van der Waals surface area contributed by atoms with E-state index in [1.807, 2.05) is 6.07 Å². The monoisotopic (exact) mass is 568 g/mol. The minimum absolute atomic E-state index is 0.199. The number of likely N-dealkylation sites (tertiary alicyclic amines) is 1. The summed E-state index contributed by atoms with van der Waals surface area (Å²) in [5.74, 6) is -0.171. The Bertz CT molecular complexity index is 1150. The van der Waals surface area contributed by atoms with Crippen molar-refractivity contribution in [1.29, 1.82) is 0 Å². The van der Waals surface area contributed by atoms with E-state index in [0.717, 1.165) is 39.5 Å². The van der Waals surface area contributed by atoms with Gasteiger partial charge in [-0.25, -0.2) is 0 Å². The largest absolute Gasteiger partial charge is 0.488 e. The van der Waals surface area contributed by atoms with Crippen molar-refractivity contribution in [3.63, 3.8) is 0 Å². The summed E-state index contributed by atoms with van der Waals surface area (Å²) in [6.07, 6.45) is 3.50. The highest BCUT2D eigenvalue weighted by atomic mass is 79.9. The van der Waals surface area contributed by atoms with Crippen LogP contribution in [0.2, 0.25) is 10.0 Å². The maximum absolute atomic E-state index is 12.9. The van der Waals surface area contributed by atoms with Crippen molar-refractivity contribution in [3.8, 4) is 5.75 Å². The molecule has 0 aromatic heterocycles. The second-order valence-corrected chi connectivity index (χ2v) is 10.3. The second kappa shape index (κ2) is 10.5. The first-order valence-corrected chi connectivity index (χ1v) is 12.6. The molecule has 0 atom stereocenters. The van der Waals surface area contributed by atoms with Crippen LogP contribution in [0.5, 0.6) is 5.75 Å². The minimum Gasteiger partial charge on any atom is -0.488 e. The number of ether oxygens (including phenoxy) is 1. The Morgan fingerprint density at radius 1 is 1.12 bits per heavy atom. The van der Waals surface area contributed by atoms with Crippen molar-refractivity contribution in [1.82, 2.24) is 9.80 Å². The predicted molar refractivity (Wildman–Crippen MR) is 133 cm³/mol. The lowest BCUT2D eigenvalue weighted by molar-refractivity contribution is -0.135. The molecule has 2 aliphatic heterocycles. The molecule has 2 saturated heterocycles. The summed E-state index contributed by atoms with van der Waals surface area (Å²) in [5, 5.41) is 0.571. The van der Waals surface area contributed by atoms with Gasteiger partial charge in [-0.15, -0.1) is 0 Å². The molecule has 3 amide bonds. The van der Waals surface area contributed by atoms with Gasteiger partial charge in [0, 0.05) is 38.7 Å². The topological polar surface area (TPSA) is 66.9 Å². The summed E-state index contributed by atoms with van der Waals surface area (Å²) in [7, 11) is 0. The SMILES string of the molecule is O=C(CN1C(=O)S/C(=C/c2cc(Br)ccc2OCc2ccc(Cl)cc2Cl)C1=O)N1CCCC1. The van der Waals surface area contributed by atoms with Crippen molar-refractivity contribution < 1.29 is 19.1 Å². The fourth-order valence-electron chi connectivity index (χ4n) is 3.54. The van der Waals surface area contributed by atoms with Gasteiger partial charge in [-0.3, -0.25) is 19.3 Å². The van der Waals surface area contributed by atoms with Crippen LogP contribution in [-0.4, -0.2) is 46.5 Å². The molecule has 172 valence electrons. The normalized spacial score (nSPS) is 17.4. The van der Waals surface area contributed by atoms with Crippen molar-refractivity contribution in [3.05, 3.63) is 66.9 Å². The van der Waals surface area contributed by atoms with E-state index in [2.05, 4.69) is 15.9 Å². The molecule has 33 heavy (non-hydrogen) atoms. The fourth-order valence-corrected chi connectivity index (χ4v) is 5.21. The van der Waals surface area contributed by atoms with Crippen LogP contribution in [0.3, 0.4) is 0 Å². The van der Waals surface area contributed by atoms with Crippen molar-refractivity contribution in [2.45, 2.75) is 19.4 Å². The summed E-state index contributed by atoms with van der Waals surface area (Å²) in [6.45, 7) is 1.30. The van der Waals surface area contributed by atoms with Crippen LogP contribution in [-0.2, 0) is 16.2 Å². The van der Waals surface area contributed by atoms with Crippen LogP contribution < -0.4 is 4.74 Å². The average Bonchev–Trinajstić information content (AvgIpc) is 3.39. The second-order valence-electron chi connectivity index (χ2n) is 7.56. The Morgan fingerprint density at radius 3 is 2.61 bits per heavy atom. The first kappa shape index (κ1) is 24.1. The Labute approximate surface area is 214 Å². The van der Waals surface area contributed by atoms with Gasteiger partial charge in [-0.1, -0.05) is 45.2 Å². The molecule has 0 bridgehead atoms. The van der Waals surface area contributed by atoms with Gasteiger partial charge in [0.2, 0.25) is 5.91 Å². The summed E-state index contributed by atoms with van der Waals surface area (Å²) < 4.78 is 6.74. The molecule has 6 nitrogen and oxygen atoms in total. The highest BCUT2D eigenvalue weighted by Gasteiger charge is 2.37. The molecule has 0 unspecified atom stereocenters. The summed E-state index contributed by atoms with van der Waals surface area (Å²) in [6, 6.07) is 10.5. The van der Waals surface area contributed by atoms with Crippen LogP contribution in [0.25, 0.3) is 6.08 Å². The lowest BCUT2D eigenvalue weighted by atomic mass is 10.1. The summed E-state index contributed by atoms with van der Waals surface area (Å²) >= 11 is 16.4. The molecular formula is C23H19BrCl2N2O4S. The number of hydrogen-bond donors (Lipinski definition) is 0. The first-order chi connectivity index (χ1) is 15.8. The molecule has 0 aliphatic carbocycles. The standard InChI is InChI=1S/C23H19BrCl2N2O4S/c24-16-4-6-19(32-13-14-3-5-17(25)11-18(14)26)15(9-16)10-20-22(30)28(23(31)33-20)12-21(29)27-7-1-2-8-27/h3-6,9-11H,1-2,7-8,12-13H2/b20-10+. The number of amides is 3.